The van der Waals surface area contributed by atoms with Crippen LogP contribution in [-0.2, 0) is 9.63 Å². The summed E-state index contributed by atoms with van der Waals surface area (Å²) in [5.41, 5.74) is 0. The molecule has 1 radical (unpaired) electrons. The maximum absolute atomic E-state index is 9.80. The molecule has 0 fully saturated rings. The van der Waals surface area contributed by atoms with E-state index >= 15 is 0 Å². The topological polar surface area (TPSA) is 29.5 Å². The first-order chi connectivity index (χ1) is 3.85. The zero-order valence-electron chi connectivity index (χ0n) is 5.18. The number of rotatable bonds is 4. The third-order valence-electron chi connectivity index (χ3n) is 0.749. The summed E-state index contributed by atoms with van der Waals surface area (Å²) in [4.78, 5) is 14.4. The van der Waals surface area contributed by atoms with Gasteiger partial charge in [-0.1, -0.05) is 6.92 Å². The number of carbonyl (C=O) groups excluding carboxylic acids is 1. The molecule has 3 heteroatoms. The van der Waals surface area contributed by atoms with Crippen molar-refractivity contribution in [3.8, 4) is 0 Å². The largest absolute Gasteiger partial charge is 0.337 e. The van der Waals surface area contributed by atoms with E-state index in [2.05, 4.69) is 4.84 Å². The third-order valence-corrected chi connectivity index (χ3v) is 0.749. The maximum Gasteiger partial charge on any atom is 0.337 e. The second kappa shape index (κ2) is 4.59. The number of hydroxylamine groups is 2. The molecule has 3 nitrogen and oxygen atoms in total. The normalized spacial score (nSPS) is 8.75. The fourth-order valence-electron chi connectivity index (χ4n) is 0.377. The fourth-order valence-corrected chi connectivity index (χ4v) is 0.377. The molecule has 0 rings (SSSR count). The van der Waals surface area contributed by atoms with Gasteiger partial charge >= 0.3 is 6.41 Å². The summed E-state index contributed by atoms with van der Waals surface area (Å²) in [7, 11) is 1.44. The van der Waals surface area contributed by atoms with Gasteiger partial charge in [-0.25, -0.2) is 5.06 Å². The lowest BCUT2D eigenvalue weighted by molar-refractivity contribution is -0.0658. The van der Waals surface area contributed by atoms with Crippen molar-refractivity contribution in [1.29, 1.82) is 0 Å². The van der Waals surface area contributed by atoms with Gasteiger partial charge in [-0.2, -0.15) is 0 Å². The van der Waals surface area contributed by atoms with Gasteiger partial charge in [-0.15, -0.1) is 0 Å². The third kappa shape index (κ3) is 2.58. The van der Waals surface area contributed by atoms with E-state index in [0.717, 1.165) is 11.5 Å². The number of amides is 1. The minimum atomic E-state index is 0.611. The van der Waals surface area contributed by atoms with Crippen molar-refractivity contribution in [2.45, 2.75) is 13.3 Å². The van der Waals surface area contributed by atoms with Crippen molar-refractivity contribution in [1.82, 2.24) is 5.06 Å². The standard InChI is InChI=1S/C5H10NO2/c1-3-4-6(5-7)8-2/h3-4H2,1-2H3. The Labute approximate surface area is 49.2 Å². The molecule has 0 unspecified atom stereocenters. The monoisotopic (exact) mass is 116 g/mol. The SMILES string of the molecule is CCCN([C]=O)OC. The summed E-state index contributed by atoms with van der Waals surface area (Å²) in [5, 5.41) is 1.12. The molecule has 0 saturated carbocycles. The summed E-state index contributed by atoms with van der Waals surface area (Å²) in [5.74, 6) is 0. The van der Waals surface area contributed by atoms with E-state index in [4.69, 9.17) is 0 Å². The van der Waals surface area contributed by atoms with E-state index in [9.17, 15) is 4.79 Å². The van der Waals surface area contributed by atoms with Gasteiger partial charge in [0.2, 0.25) is 0 Å². The number of hydrogen-bond donors (Lipinski definition) is 0. The lowest BCUT2D eigenvalue weighted by Gasteiger charge is -2.09. The summed E-state index contributed by atoms with van der Waals surface area (Å²) in [6, 6.07) is 0. The van der Waals surface area contributed by atoms with Gasteiger partial charge in [0.15, 0.2) is 0 Å². The highest BCUT2D eigenvalue weighted by Crippen LogP contribution is 1.83. The Bertz CT molecular complexity index is 65.4. The van der Waals surface area contributed by atoms with Crippen LogP contribution in [0.25, 0.3) is 0 Å². The van der Waals surface area contributed by atoms with Gasteiger partial charge < -0.3 is 0 Å². The molecule has 0 spiro atoms. The molecule has 0 aromatic rings. The fraction of sp³-hybridized carbons (Fsp3) is 0.800. The highest BCUT2D eigenvalue weighted by Gasteiger charge is 1.94. The van der Waals surface area contributed by atoms with Gasteiger partial charge in [-0.05, 0) is 6.42 Å². The Hall–Kier alpha value is -0.570. The van der Waals surface area contributed by atoms with Gasteiger partial charge in [0.1, 0.15) is 0 Å². The molecule has 0 aliphatic carbocycles. The molecule has 0 aromatic heterocycles. The molecule has 1 amide bonds. The molecule has 8 heavy (non-hydrogen) atoms. The van der Waals surface area contributed by atoms with Crippen LogP contribution >= 0.6 is 0 Å². The molecular formula is C5H10NO2. The molecular weight excluding hydrogens is 106 g/mol. The summed E-state index contributed by atoms with van der Waals surface area (Å²) in [6.45, 7) is 2.57. The lowest BCUT2D eigenvalue weighted by atomic mass is 10.5. The van der Waals surface area contributed by atoms with E-state index in [1.54, 1.807) is 6.41 Å². The minimum absolute atomic E-state index is 0.611. The van der Waals surface area contributed by atoms with Gasteiger partial charge in [-0.3, -0.25) is 9.63 Å². The molecule has 47 valence electrons. The highest BCUT2D eigenvalue weighted by atomic mass is 16.7. The average Bonchev–Trinajstić information content (AvgIpc) is 1.83. The summed E-state index contributed by atoms with van der Waals surface area (Å²) in [6.07, 6.45) is 2.51. The van der Waals surface area contributed by atoms with Crippen LogP contribution in [0.2, 0.25) is 0 Å². The summed E-state index contributed by atoms with van der Waals surface area (Å²) >= 11 is 0. The Morgan fingerprint density at radius 3 is 2.50 bits per heavy atom. The zero-order valence-corrected chi connectivity index (χ0v) is 5.18. The second-order valence-electron chi connectivity index (χ2n) is 1.38. The van der Waals surface area contributed by atoms with E-state index < -0.39 is 0 Å². The second-order valence-corrected chi connectivity index (χ2v) is 1.38. The van der Waals surface area contributed by atoms with Crippen LogP contribution in [-0.4, -0.2) is 25.1 Å². The molecule has 0 aliphatic heterocycles. The first kappa shape index (κ1) is 7.43. The van der Waals surface area contributed by atoms with Crippen molar-refractivity contribution in [3.63, 3.8) is 0 Å². The smallest absolute Gasteiger partial charge is 0.274 e. The van der Waals surface area contributed by atoms with Gasteiger partial charge in [0.25, 0.3) is 0 Å². The number of hydrogen-bond acceptors (Lipinski definition) is 2. The van der Waals surface area contributed by atoms with Crippen LogP contribution < -0.4 is 0 Å². The average molecular weight is 116 g/mol. The van der Waals surface area contributed by atoms with Crippen LogP contribution in [0.5, 0.6) is 0 Å². The quantitative estimate of drug-likeness (QED) is 0.391. The lowest BCUT2D eigenvalue weighted by Crippen LogP contribution is -2.20. The van der Waals surface area contributed by atoms with Crippen molar-refractivity contribution in [2.24, 2.45) is 0 Å². The van der Waals surface area contributed by atoms with Crippen LogP contribution in [0, 0.1) is 0 Å². The Morgan fingerprint density at radius 1 is 1.75 bits per heavy atom. The summed E-state index contributed by atoms with van der Waals surface area (Å²) < 4.78 is 0. The molecule has 0 aromatic carbocycles. The maximum atomic E-state index is 9.80. The van der Waals surface area contributed by atoms with E-state index in [0.29, 0.717) is 6.54 Å². The molecule has 0 aliphatic rings. The van der Waals surface area contributed by atoms with Gasteiger partial charge in [0, 0.05) is 6.54 Å². The predicted molar refractivity (Wildman–Crippen MR) is 29.7 cm³/mol. The van der Waals surface area contributed by atoms with Crippen LogP contribution in [0.3, 0.4) is 0 Å². The molecule has 0 saturated heterocycles. The van der Waals surface area contributed by atoms with Crippen molar-refractivity contribution in [3.05, 3.63) is 0 Å². The van der Waals surface area contributed by atoms with Crippen molar-refractivity contribution >= 4 is 6.41 Å². The molecule has 0 N–H and O–H groups in total. The van der Waals surface area contributed by atoms with Crippen molar-refractivity contribution in [2.75, 3.05) is 13.7 Å². The van der Waals surface area contributed by atoms with E-state index in [-0.39, 0.29) is 0 Å². The Kier molecular flexibility index (Phi) is 4.26. The first-order valence-electron chi connectivity index (χ1n) is 2.54. The van der Waals surface area contributed by atoms with Crippen LogP contribution in [0.15, 0.2) is 0 Å². The minimum Gasteiger partial charge on any atom is -0.274 e. The van der Waals surface area contributed by atoms with E-state index in [1.807, 2.05) is 6.92 Å². The van der Waals surface area contributed by atoms with Crippen molar-refractivity contribution < 1.29 is 9.63 Å². The Morgan fingerprint density at radius 2 is 2.38 bits per heavy atom. The van der Waals surface area contributed by atoms with E-state index in [1.165, 1.54) is 7.11 Å². The van der Waals surface area contributed by atoms with Crippen LogP contribution in [0.4, 0.5) is 0 Å². The highest BCUT2D eigenvalue weighted by molar-refractivity contribution is 5.45. The molecule has 0 atom stereocenters. The zero-order chi connectivity index (χ0) is 6.41. The predicted octanol–water partition coefficient (Wildman–Crippen LogP) is 0.327. The van der Waals surface area contributed by atoms with Gasteiger partial charge in [0.05, 0.1) is 7.11 Å². The first-order valence-corrected chi connectivity index (χ1v) is 2.54. The van der Waals surface area contributed by atoms with Crippen LogP contribution in [0.1, 0.15) is 13.3 Å². The number of nitrogens with zero attached hydrogens (tertiary/aromatic N) is 1. The molecule has 0 heterocycles. The molecule has 0 bridgehead atoms. The Balaban J connectivity index is 3.21.